The van der Waals surface area contributed by atoms with Gasteiger partial charge in [-0.05, 0) is 94.1 Å². The first-order chi connectivity index (χ1) is 14.6. The normalized spacial score (nSPS) is 26.7. The number of hydrogen-bond acceptors (Lipinski definition) is 3. The molecule has 0 bridgehead atoms. The van der Waals surface area contributed by atoms with E-state index in [0.29, 0.717) is 25.6 Å². The van der Waals surface area contributed by atoms with Crippen molar-refractivity contribution in [1.29, 1.82) is 0 Å². The van der Waals surface area contributed by atoms with Crippen molar-refractivity contribution in [2.75, 3.05) is 13.2 Å². The van der Waals surface area contributed by atoms with E-state index in [1.165, 1.54) is 37.8 Å². The summed E-state index contributed by atoms with van der Waals surface area (Å²) in [7, 11) is 0. The monoisotopic (exact) mass is 420 g/mol. The van der Waals surface area contributed by atoms with Gasteiger partial charge in [0.25, 0.3) is 0 Å². The maximum atomic E-state index is 14.3. The minimum absolute atomic E-state index is 0.0414. The van der Waals surface area contributed by atoms with Crippen LogP contribution in [0.4, 0.5) is 8.78 Å². The Labute approximate surface area is 178 Å². The van der Waals surface area contributed by atoms with E-state index in [-0.39, 0.29) is 17.4 Å². The summed E-state index contributed by atoms with van der Waals surface area (Å²) in [6, 6.07) is 2.90. The summed E-state index contributed by atoms with van der Waals surface area (Å²) in [5.41, 5.74) is 0. The van der Waals surface area contributed by atoms with Gasteiger partial charge in [0.15, 0.2) is 11.5 Å². The predicted molar refractivity (Wildman–Crippen MR) is 114 cm³/mol. The number of ether oxygens (including phenoxy) is 2. The fraction of sp³-hybridized carbons (Fsp3) is 0.640. The smallest absolute Gasteiger partial charge is 0.204 e. The van der Waals surface area contributed by atoms with Crippen LogP contribution in [0.3, 0.4) is 0 Å². The van der Waals surface area contributed by atoms with Crippen LogP contribution in [0.15, 0.2) is 24.8 Å². The molecule has 166 valence electrons. The lowest BCUT2D eigenvalue weighted by molar-refractivity contribution is -0.112. The minimum Gasteiger partial charge on any atom is -0.490 e. The molecule has 5 heteroatoms. The van der Waals surface area contributed by atoms with Crippen LogP contribution in [0, 0.1) is 35.3 Å². The second-order valence-corrected chi connectivity index (χ2v) is 8.87. The highest BCUT2D eigenvalue weighted by Crippen LogP contribution is 2.41. The van der Waals surface area contributed by atoms with Gasteiger partial charge in [0, 0.05) is 5.92 Å². The molecule has 1 aromatic rings. The molecule has 0 saturated heterocycles. The minimum atomic E-state index is -0.985. The van der Waals surface area contributed by atoms with E-state index in [0.717, 1.165) is 50.2 Å². The zero-order valence-corrected chi connectivity index (χ0v) is 17.8. The zero-order valence-electron chi connectivity index (χ0n) is 17.8. The second kappa shape index (κ2) is 11.5. The van der Waals surface area contributed by atoms with Crippen molar-refractivity contribution < 1.29 is 23.0 Å². The van der Waals surface area contributed by atoms with Gasteiger partial charge in [-0.2, -0.15) is 8.78 Å². The topological polar surface area (TPSA) is 35.5 Å². The number of allylic oxidation sites excluding steroid dienone is 1. The Hall–Kier alpha value is -1.91. The van der Waals surface area contributed by atoms with Gasteiger partial charge in [0.05, 0.1) is 13.2 Å². The molecule has 3 nitrogen and oxygen atoms in total. The standard InChI is InChI=1S/C25H34F2O3/c1-2-3-4-15-29-22-13-14-23(25(27)24(22)26)30-17-19-7-11-21(12-8-19)20-9-5-18(16-28)6-10-20/h2,13-14,16,18-21H,1,3-12,15,17H2. The van der Waals surface area contributed by atoms with Crippen molar-refractivity contribution in [3.05, 3.63) is 36.4 Å². The van der Waals surface area contributed by atoms with Gasteiger partial charge in [-0.15, -0.1) is 6.58 Å². The SMILES string of the molecule is C=CCCCOc1ccc(OCC2CCC(C3CCC(C=O)CC3)CC2)c(F)c1F. The largest absolute Gasteiger partial charge is 0.490 e. The third-order valence-corrected chi connectivity index (χ3v) is 6.86. The average Bonchev–Trinajstić information content (AvgIpc) is 2.79. The molecular formula is C25H34F2O3. The second-order valence-electron chi connectivity index (χ2n) is 8.87. The quantitative estimate of drug-likeness (QED) is 0.246. The van der Waals surface area contributed by atoms with Crippen LogP contribution in [0.2, 0.25) is 0 Å². The molecule has 2 saturated carbocycles. The Morgan fingerprint density at radius 1 is 0.900 bits per heavy atom. The molecule has 2 fully saturated rings. The molecule has 0 amide bonds. The summed E-state index contributed by atoms with van der Waals surface area (Å²) in [6.45, 7) is 4.36. The van der Waals surface area contributed by atoms with Crippen LogP contribution in [-0.4, -0.2) is 19.5 Å². The van der Waals surface area contributed by atoms with Gasteiger partial charge >= 0.3 is 0 Å². The highest BCUT2D eigenvalue weighted by molar-refractivity contribution is 5.53. The highest BCUT2D eigenvalue weighted by atomic mass is 19.2. The van der Waals surface area contributed by atoms with E-state index in [9.17, 15) is 13.6 Å². The van der Waals surface area contributed by atoms with Gasteiger partial charge in [0.2, 0.25) is 11.6 Å². The molecule has 2 aliphatic rings. The average molecular weight is 421 g/mol. The lowest BCUT2D eigenvalue weighted by atomic mass is 9.69. The van der Waals surface area contributed by atoms with E-state index >= 15 is 0 Å². The summed E-state index contributed by atoms with van der Waals surface area (Å²) in [6.07, 6.45) is 13.2. The summed E-state index contributed by atoms with van der Waals surface area (Å²) < 4.78 is 39.5. The molecule has 1 aromatic carbocycles. The molecule has 2 aliphatic carbocycles. The first kappa shape index (κ1) is 22.8. The van der Waals surface area contributed by atoms with Crippen LogP contribution < -0.4 is 9.47 Å². The maximum absolute atomic E-state index is 14.3. The number of rotatable bonds is 10. The lowest BCUT2D eigenvalue weighted by Crippen LogP contribution is -2.27. The third kappa shape index (κ3) is 6.05. The van der Waals surface area contributed by atoms with E-state index in [1.54, 1.807) is 6.08 Å². The first-order valence-corrected chi connectivity index (χ1v) is 11.4. The molecule has 0 spiro atoms. The molecule has 0 aromatic heterocycles. The van der Waals surface area contributed by atoms with Crippen molar-refractivity contribution in [3.8, 4) is 11.5 Å². The fourth-order valence-electron chi connectivity index (χ4n) is 4.93. The van der Waals surface area contributed by atoms with Crippen LogP contribution in [0.1, 0.15) is 64.2 Å². The van der Waals surface area contributed by atoms with Crippen LogP contribution in [0.5, 0.6) is 11.5 Å². The van der Waals surface area contributed by atoms with Gasteiger partial charge < -0.3 is 14.3 Å². The maximum Gasteiger partial charge on any atom is 0.204 e. The van der Waals surface area contributed by atoms with Crippen molar-refractivity contribution >= 4 is 6.29 Å². The lowest BCUT2D eigenvalue weighted by Gasteiger charge is -2.36. The van der Waals surface area contributed by atoms with Crippen LogP contribution in [0.25, 0.3) is 0 Å². The van der Waals surface area contributed by atoms with Crippen LogP contribution >= 0.6 is 0 Å². The molecular weight excluding hydrogens is 386 g/mol. The zero-order chi connectivity index (χ0) is 21.3. The van der Waals surface area contributed by atoms with Crippen molar-refractivity contribution in [2.45, 2.75) is 64.2 Å². The summed E-state index contributed by atoms with van der Waals surface area (Å²) in [4.78, 5) is 10.9. The Balaban J connectivity index is 1.42. The van der Waals surface area contributed by atoms with Gasteiger partial charge in [-0.1, -0.05) is 6.08 Å². The Morgan fingerprint density at radius 2 is 1.47 bits per heavy atom. The van der Waals surface area contributed by atoms with Gasteiger partial charge in [0.1, 0.15) is 6.29 Å². The number of carbonyl (C=O) groups is 1. The number of hydrogen-bond donors (Lipinski definition) is 0. The van der Waals surface area contributed by atoms with Crippen molar-refractivity contribution in [3.63, 3.8) is 0 Å². The summed E-state index contributed by atoms with van der Waals surface area (Å²) in [5, 5.41) is 0. The Bertz CT molecular complexity index is 690. The summed E-state index contributed by atoms with van der Waals surface area (Å²) >= 11 is 0. The Kier molecular flexibility index (Phi) is 8.71. The Morgan fingerprint density at radius 3 is 2.03 bits per heavy atom. The highest BCUT2D eigenvalue weighted by Gasteiger charge is 2.31. The number of aldehydes is 1. The third-order valence-electron chi connectivity index (χ3n) is 6.86. The van der Waals surface area contributed by atoms with E-state index in [4.69, 9.17) is 9.47 Å². The van der Waals surface area contributed by atoms with E-state index < -0.39 is 11.6 Å². The number of carbonyl (C=O) groups excluding carboxylic acids is 1. The molecule has 0 heterocycles. The number of halogens is 2. The van der Waals surface area contributed by atoms with E-state index in [1.807, 2.05) is 0 Å². The number of benzene rings is 1. The molecule has 0 radical (unpaired) electrons. The molecule has 30 heavy (non-hydrogen) atoms. The fourth-order valence-corrected chi connectivity index (χ4v) is 4.93. The van der Waals surface area contributed by atoms with Gasteiger partial charge in [-0.3, -0.25) is 0 Å². The predicted octanol–water partition coefficient (Wildman–Crippen LogP) is 6.50. The summed E-state index contributed by atoms with van der Waals surface area (Å²) in [5.74, 6) is 0.0517. The molecule has 0 unspecified atom stereocenters. The van der Waals surface area contributed by atoms with Gasteiger partial charge in [-0.25, -0.2) is 0 Å². The van der Waals surface area contributed by atoms with Crippen molar-refractivity contribution in [1.82, 2.24) is 0 Å². The van der Waals surface area contributed by atoms with Crippen LogP contribution in [-0.2, 0) is 4.79 Å². The first-order valence-electron chi connectivity index (χ1n) is 11.4. The van der Waals surface area contributed by atoms with E-state index in [2.05, 4.69) is 6.58 Å². The molecule has 3 rings (SSSR count). The number of unbranched alkanes of at least 4 members (excludes halogenated alkanes) is 1. The van der Waals surface area contributed by atoms with Crippen molar-refractivity contribution in [2.24, 2.45) is 23.7 Å². The molecule has 0 N–H and O–H groups in total. The molecule has 0 aliphatic heterocycles. The molecule has 0 atom stereocenters.